The van der Waals surface area contributed by atoms with Gasteiger partial charge >= 0.3 is 5.97 Å². The SMILES string of the molecule is CCNCc1nc(C(=O)O)co1. The highest BCUT2D eigenvalue weighted by Crippen LogP contribution is 2.00. The second-order valence-electron chi connectivity index (χ2n) is 2.21. The van der Waals surface area contributed by atoms with Crippen LogP contribution in [-0.2, 0) is 6.54 Å². The molecule has 0 saturated carbocycles. The van der Waals surface area contributed by atoms with Crippen molar-refractivity contribution in [1.29, 1.82) is 0 Å². The third-order valence-electron chi connectivity index (χ3n) is 1.30. The Balaban J connectivity index is 2.58. The molecule has 5 heteroatoms. The Kier molecular flexibility index (Phi) is 2.82. The molecule has 0 fully saturated rings. The van der Waals surface area contributed by atoms with E-state index in [0.29, 0.717) is 12.4 Å². The normalized spacial score (nSPS) is 10.1. The fraction of sp³-hybridized carbons (Fsp3) is 0.429. The first-order valence-electron chi connectivity index (χ1n) is 3.62. The number of hydrogen-bond acceptors (Lipinski definition) is 4. The minimum absolute atomic E-state index is 0.0529. The molecule has 1 aromatic rings. The van der Waals surface area contributed by atoms with E-state index in [0.717, 1.165) is 12.8 Å². The van der Waals surface area contributed by atoms with Gasteiger partial charge in [0, 0.05) is 0 Å². The van der Waals surface area contributed by atoms with Crippen molar-refractivity contribution in [1.82, 2.24) is 10.3 Å². The number of aromatic carboxylic acids is 1. The van der Waals surface area contributed by atoms with Crippen LogP contribution in [0.15, 0.2) is 10.7 Å². The molecule has 0 spiro atoms. The van der Waals surface area contributed by atoms with Gasteiger partial charge < -0.3 is 14.8 Å². The van der Waals surface area contributed by atoms with Crippen molar-refractivity contribution in [3.05, 3.63) is 17.8 Å². The second-order valence-corrected chi connectivity index (χ2v) is 2.21. The summed E-state index contributed by atoms with van der Waals surface area (Å²) in [5.41, 5.74) is -0.0529. The standard InChI is InChI=1S/C7H10N2O3/c1-2-8-3-6-9-5(4-12-6)7(10)11/h4,8H,2-3H2,1H3,(H,10,11). The van der Waals surface area contributed by atoms with Gasteiger partial charge in [-0.25, -0.2) is 9.78 Å². The topological polar surface area (TPSA) is 75.4 Å². The van der Waals surface area contributed by atoms with E-state index in [1.165, 1.54) is 0 Å². The van der Waals surface area contributed by atoms with Crippen LogP contribution in [0.4, 0.5) is 0 Å². The van der Waals surface area contributed by atoms with Gasteiger partial charge in [-0.05, 0) is 6.54 Å². The summed E-state index contributed by atoms with van der Waals surface area (Å²) in [5, 5.41) is 11.4. The summed E-state index contributed by atoms with van der Waals surface area (Å²) >= 11 is 0. The van der Waals surface area contributed by atoms with Gasteiger partial charge in [0.1, 0.15) is 6.26 Å². The van der Waals surface area contributed by atoms with Crippen LogP contribution in [0.3, 0.4) is 0 Å². The Hall–Kier alpha value is -1.36. The van der Waals surface area contributed by atoms with Gasteiger partial charge in [0.15, 0.2) is 5.69 Å². The molecular weight excluding hydrogens is 160 g/mol. The minimum Gasteiger partial charge on any atom is -0.476 e. The molecule has 0 saturated heterocycles. The van der Waals surface area contributed by atoms with E-state index in [9.17, 15) is 4.79 Å². The first-order valence-corrected chi connectivity index (χ1v) is 3.62. The van der Waals surface area contributed by atoms with E-state index in [1.807, 2.05) is 6.92 Å². The lowest BCUT2D eigenvalue weighted by molar-refractivity contribution is 0.0690. The highest BCUT2D eigenvalue weighted by Gasteiger charge is 2.08. The molecule has 0 amide bonds. The van der Waals surface area contributed by atoms with Crippen LogP contribution in [0.5, 0.6) is 0 Å². The molecule has 5 nitrogen and oxygen atoms in total. The van der Waals surface area contributed by atoms with Crippen LogP contribution in [0.1, 0.15) is 23.3 Å². The molecule has 0 aliphatic rings. The maximum absolute atomic E-state index is 10.3. The first kappa shape index (κ1) is 8.73. The molecule has 0 bridgehead atoms. The lowest BCUT2D eigenvalue weighted by atomic mass is 10.5. The number of carboxylic acid groups (broad SMARTS) is 1. The van der Waals surface area contributed by atoms with Crippen molar-refractivity contribution in [2.45, 2.75) is 13.5 Å². The number of oxazole rings is 1. The number of aromatic nitrogens is 1. The summed E-state index contributed by atoms with van der Waals surface area (Å²) in [6, 6.07) is 0. The van der Waals surface area contributed by atoms with Crippen LogP contribution in [0.25, 0.3) is 0 Å². The highest BCUT2D eigenvalue weighted by molar-refractivity contribution is 5.84. The molecule has 2 N–H and O–H groups in total. The zero-order valence-corrected chi connectivity index (χ0v) is 6.70. The summed E-state index contributed by atoms with van der Waals surface area (Å²) in [6.45, 7) is 3.20. The van der Waals surface area contributed by atoms with Crippen LogP contribution in [0, 0.1) is 0 Å². The van der Waals surface area contributed by atoms with Gasteiger partial charge in [0.05, 0.1) is 6.54 Å². The van der Waals surface area contributed by atoms with E-state index in [2.05, 4.69) is 10.3 Å². The number of carbonyl (C=O) groups is 1. The van der Waals surface area contributed by atoms with Crippen molar-refractivity contribution in [2.24, 2.45) is 0 Å². The van der Waals surface area contributed by atoms with Crippen molar-refractivity contribution < 1.29 is 14.3 Å². The Labute approximate surface area is 69.4 Å². The van der Waals surface area contributed by atoms with Gasteiger partial charge in [-0.2, -0.15) is 0 Å². The van der Waals surface area contributed by atoms with Crippen molar-refractivity contribution in [3.63, 3.8) is 0 Å². The predicted molar refractivity (Wildman–Crippen MR) is 40.8 cm³/mol. The molecular formula is C7H10N2O3. The lowest BCUT2D eigenvalue weighted by Gasteiger charge is -1.93. The fourth-order valence-electron chi connectivity index (χ4n) is 0.722. The monoisotopic (exact) mass is 170 g/mol. The molecule has 0 atom stereocenters. The molecule has 1 heterocycles. The van der Waals surface area contributed by atoms with Crippen LogP contribution < -0.4 is 5.32 Å². The number of hydrogen-bond donors (Lipinski definition) is 2. The van der Waals surface area contributed by atoms with E-state index < -0.39 is 5.97 Å². The summed E-state index contributed by atoms with van der Waals surface area (Å²) in [5.74, 6) is -0.671. The molecule has 0 aliphatic heterocycles. The molecule has 66 valence electrons. The fourth-order valence-corrected chi connectivity index (χ4v) is 0.722. The smallest absolute Gasteiger partial charge is 0.357 e. The molecule has 1 rings (SSSR count). The zero-order valence-electron chi connectivity index (χ0n) is 6.70. The van der Waals surface area contributed by atoms with E-state index in [4.69, 9.17) is 9.52 Å². The third kappa shape index (κ3) is 2.06. The maximum atomic E-state index is 10.3. The van der Waals surface area contributed by atoms with Crippen molar-refractivity contribution in [3.8, 4) is 0 Å². The van der Waals surface area contributed by atoms with E-state index in [-0.39, 0.29) is 5.69 Å². The Bertz CT molecular complexity index is 269. The summed E-state index contributed by atoms with van der Waals surface area (Å²) < 4.78 is 4.87. The highest BCUT2D eigenvalue weighted by atomic mass is 16.4. The average molecular weight is 170 g/mol. The minimum atomic E-state index is -1.07. The largest absolute Gasteiger partial charge is 0.476 e. The van der Waals surface area contributed by atoms with Gasteiger partial charge in [0.25, 0.3) is 0 Å². The lowest BCUT2D eigenvalue weighted by Crippen LogP contribution is -2.12. The molecule has 0 aromatic carbocycles. The van der Waals surface area contributed by atoms with Crippen molar-refractivity contribution in [2.75, 3.05) is 6.54 Å². The van der Waals surface area contributed by atoms with Crippen LogP contribution >= 0.6 is 0 Å². The molecule has 0 unspecified atom stereocenters. The zero-order chi connectivity index (χ0) is 8.97. The van der Waals surface area contributed by atoms with Gasteiger partial charge in [-0.1, -0.05) is 6.92 Å². The number of nitrogens with one attached hydrogen (secondary N) is 1. The second kappa shape index (κ2) is 3.87. The third-order valence-corrected chi connectivity index (χ3v) is 1.30. The van der Waals surface area contributed by atoms with Crippen LogP contribution in [0.2, 0.25) is 0 Å². The maximum Gasteiger partial charge on any atom is 0.357 e. The van der Waals surface area contributed by atoms with E-state index >= 15 is 0 Å². The van der Waals surface area contributed by atoms with Crippen LogP contribution in [-0.4, -0.2) is 22.6 Å². The van der Waals surface area contributed by atoms with Gasteiger partial charge in [0.2, 0.25) is 5.89 Å². The Morgan fingerprint density at radius 3 is 3.08 bits per heavy atom. The van der Waals surface area contributed by atoms with Gasteiger partial charge in [-0.3, -0.25) is 0 Å². The first-order chi connectivity index (χ1) is 5.74. The van der Waals surface area contributed by atoms with Crippen molar-refractivity contribution >= 4 is 5.97 Å². The molecule has 0 radical (unpaired) electrons. The van der Waals surface area contributed by atoms with E-state index in [1.54, 1.807) is 0 Å². The number of rotatable bonds is 4. The quantitative estimate of drug-likeness (QED) is 0.687. The molecule has 12 heavy (non-hydrogen) atoms. The number of nitrogens with zero attached hydrogens (tertiary/aromatic N) is 1. The summed E-state index contributed by atoms with van der Waals surface area (Å²) in [4.78, 5) is 14.1. The Morgan fingerprint density at radius 2 is 2.58 bits per heavy atom. The summed E-state index contributed by atoms with van der Waals surface area (Å²) in [7, 11) is 0. The molecule has 0 aliphatic carbocycles. The predicted octanol–water partition coefficient (Wildman–Crippen LogP) is 0.482. The summed E-state index contributed by atoms with van der Waals surface area (Å²) in [6.07, 6.45) is 1.13. The van der Waals surface area contributed by atoms with Gasteiger partial charge in [-0.15, -0.1) is 0 Å². The average Bonchev–Trinajstić information content (AvgIpc) is 2.48. The molecule has 1 aromatic heterocycles. The Morgan fingerprint density at radius 1 is 1.83 bits per heavy atom. The number of carboxylic acids is 1.